The summed E-state index contributed by atoms with van der Waals surface area (Å²) in [6.45, 7) is 1.09. The van der Waals surface area contributed by atoms with E-state index in [1.807, 2.05) is 0 Å². The second kappa shape index (κ2) is 8.40. The summed E-state index contributed by atoms with van der Waals surface area (Å²) in [7, 11) is -7.19. The van der Waals surface area contributed by atoms with Crippen molar-refractivity contribution in [2.45, 2.75) is 29.1 Å². The van der Waals surface area contributed by atoms with Gasteiger partial charge in [0.2, 0.25) is 15.9 Å². The summed E-state index contributed by atoms with van der Waals surface area (Å²) >= 11 is 0. The summed E-state index contributed by atoms with van der Waals surface area (Å²) in [4.78, 5) is 16.8. The highest BCUT2D eigenvalue weighted by atomic mass is 32.2. The van der Waals surface area contributed by atoms with Gasteiger partial charge in [-0.2, -0.15) is 4.31 Å². The highest BCUT2D eigenvalue weighted by molar-refractivity contribution is 7.90. The second-order valence-electron chi connectivity index (χ2n) is 7.27. The number of sulfonamides is 2. The van der Waals surface area contributed by atoms with Gasteiger partial charge in [0.05, 0.1) is 16.3 Å². The number of benzene rings is 2. The Balaban J connectivity index is 1.40. The molecule has 2 heterocycles. The highest BCUT2D eigenvalue weighted by Crippen LogP contribution is 2.24. The molecular weight excluding hydrogens is 440 g/mol. The van der Waals surface area contributed by atoms with Crippen LogP contribution in [0.5, 0.6) is 0 Å². The van der Waals surface area contributed by atoms with Gasteiger partial charge in [-0.25, -0.2) is 16.8 Å². The summed E-state index contributed by atoms with van der Waals surface area (Å²) in [6, 6.07) is 12.7. The van der Waals surface area contributed by atoms with Crippen LogP contribution in [0.15, 0.2) is 63.3 Å². The molecule has 0 bridgehead atoms. The predicted octanol–water partition coefficient (Wildman–Crippen LogP) is 1.54. The first-order valence-electron chi connectivity index (χ1n) is 9.84. The lowest BCUT2D eigenvalue weighted by molar-refractivity contribution is -0.116. The molecule has 2 aromatic carbocycles. The van der Waals surface area contributed by atoms with Gasteiger partial charge in [-0.05, 0) is 43.2 Å². The van der Waals surface area contributed by atoms with Gasteiger partial charge >= 0.3 is 0 Å². The fraction of sp³-hybridized carbons (Fsp3) is 0.300. The molecule has 2 aliphatic heterocycles. The number of rotatable bonds is 6. The number of anilines is 1. The second-order valence-corrected chi connectivity index (χ2v) is 10.9. The molecule has 1 fully saturated rings. The fourth-order valence-corrected chi connectivity index (χ4v) is 6.37. The molecule has 0 aromatic heterocycles. The lowest BCUT2D eigenvalue weighted by atomic mass is 10.2. The van der Waals surface area contributed by atoms with Gasteiger partial charge in [0.25, 0.3) is 10.0 Å². The first kappa shape index (κ1) is 21.5. The van der Waals surface area contributed by atoms with Crippen molar-refractivity contribution < 1.29 is 21.6 Å². The van der Waals surface area contributed by atoms with E-state index in [0.29, 0.717) is 24.3 Å². The molecular formula is C20H22N4O5S2. The third-order valence-corrected chi connectivity index (χ3v) is 8.38. The van der Waals surface area contributed by atoms with E-state index < -0.39 is 20.0 Å². The standard InChI is InChI=1S/C20H22N4O5S2/c25-19(10-11-21-20-17-8-1-2-9-18(17)30(26,27)23-20)22-15-6-5-7-16(14-15)31(28,29)24-12-3-4-13-24/h1-2,5-9,14H,3-4,10-13H2,(H,21,23)(H,22,25). The van der Waals surface area contributed by atoms with Crippen molar-refractivity contribution in [1.82, 2.24) is 9.03 Å². The lowest BCUT2D eigenvalue weighted by Crippen LogP contribution is -2.28. The molecule has 0 spiro atoms. The largest absolute Gasteiger partial charge is 0.326 e. The third-order valence-electron chi connectivity index (χ3n) is 5.09. The number of hydrogen-bond donors (Lipinski definition) is 2. The van der Waals surface area contributed by atoms with Crippen molar-refractivity contribution in [2.75, 3.05) is 25.0 Å². The first-order valence-corrected chi connectivity index (χ1v) is 12.8. The summed E-state index contributed by atoms with van der Waals surface area (Å²) < 4.78 is 53.4. The zero-order valence-corrected chi connectivity index (χ0v) is 18.2. The maximum absolute atomic E-state index is 12.7. The van der Waals surface area contributed by atoms with Crippen LogP contribution in [0.4, 0.5) is 5.69 Å². The molecule has 11 heteroatoms. The normalized spacial score (nSPS) is 19.2. The predicted molar refractivity (Wildman–Crippen MR) is 116 cm³/mol. The number of hydrogen-bond acceptors (Lipinski definition) is 6. The van der Waals surface area contributed by atoms with Crippen LogP contribution in [0.25, 0.3) is 0 Å². The topological polar surface area (TPSA) is 125 Å². The molecule has 9 nitrogen and oxygen atoms in total. The lowest BCUT2D eigenvalue weighted by Gasteiger charge is -2.16. The van der Waals surface area contributed by atoms with Crippen molar-refractivity contribution in [3.8, 4) is 0 Å². The van der Waals surface area contributed by atoms with Crippen molar-refractivity contribution in [1.29, 1.82) is 0 Å². The van der Waals surface area contributed by atoms with Crippen LogP contribution in [-0.2, 0) is 24.8 Å². The zero-order chi connectivity index (χ0) is 22.1. The van der Waals surface area contributed by atoms with Crippen LogP contribution in [0.1, 0.15) is 24.8 Å². The summed E-state index contributed by atoms with van der Waals surface area (Å²) in [5, 5.41) is 2.68. The Hall–Kier alpha value is -2.76. The highest BCUT2D eigenvalue weighted by Gasteiger charge is 2.30. The summed E-state index contributed by atoms with van der Waals surface area (Å²) in [5.74, 6) is -0.142. The van der Waals surface area contributed by atoms with E-state index >= 15 is 0 Å². The van der Waals surface area contributed by atoms with Crippen LogP contribution < -0.4 is 10.0 Å². The maximum atomic E-state index is 12.7. The van der Waals surface area contributed by atoms with Gasteiger partial charge in [0.1, 0.15) is 5.84 Å². The molecule has 2 aliphatic rings. The molecule has 31 heavy (non-hydrogen) atoms. The number of nitrogens with zero attached hydrogens (tertiary/aromatic N) is 2. The van der Waals surface area contributed by atoms with Crippen LogP contribution >= 0.6 is 0 Å². The Bertz CT molecular complexity index is 1250. The third kappa shape index (κ3) is 4.48. The van der Waals surface area contributed by atoms with E-state index in [1.165, 1.54) is 22.5 Å². The molecule has 164 valence electrons. The average molecular weight is 463 g/mol. The maximum Gasteiger partial charge on any atom is 0.263 e. The van der Waals surface area contributed by atoms with Crippen molar-refractivity contribution in [3.05, 3.63) is 54.1 Å². The van der Waals surface area contributed by atoms with Crippen LogP contribution in [0, 0.1) is 0 Å². The molecule has 0 atom stereocenters. The Morgan fingerprint density at radius 1 is 1.10 bits per heavy atom. The van der Waals surface area contributed by atoms with Crippen molar-refractivity contribution in [3.63, 3.8) is 0 Å². The fourth-order valence-electron chi connectivity index (χ4n) is 3.56. The number of aliphatic imine (C=N–C) groups is 1. The monoisotopic (exact) mass is 462 g/mol. The first-order chi connectivity index (χ1) is 14.8. The Kier molecular flexibility index (Phi) is 5.82. The molecule has 1 saturated heterocycles. The number of fused-ring (bicyclic) bond motifs is 1. The number of carbonyl (C=O) groups excluding carboxylic acids is 1. The smallest absolute Gasteiger partial charge is 0.263 e. The number of nitrogens with one attached hydrogen (secondary N) is 2. The molecule has 0 aliphatic carbocycles. The molecule has 0 radical (unpaired) electrons. The SMILES string of the molecule is O=C(CCN=C1NS(=O)(=O)c2ccccc21)Nc1cccc(S(=O)(=O)N2CCCC2)c1. The van der Waals surface area contributed by atoms with Crippen LogP contribution in [-0.4, -0.2) is 52.5 Å². The van der Waals surface area contributed by atoms with Crippen LogP contribution in [0.2, 0.25) is 0 Å². The molecule has 1 amide bonds. The van der Waals surface area contributed by atoms with Gasteiger partial charge in [-0.3, -0.25) is 14.5 Å². The Morgan fingerprint density at radius 3 is 2.61 bits per heavy atom. The van der Waals surface area contributed by atoms with E-state index in [0.717, 1.165) is 12.8 Å². The van der Waals surface area contributed by atoms with Gasteiger partial charge in [0.15, 0.2) is 0 Å². The van der Waals surface area contributed by atoms with Crippen LogP contribution in [0.3, 0.4) is 0 Å². The average Bonchev–Trinajstić information content (AvgIpc) is 3.36. The molecule has 0 saturated carbocycles. The summed E-state index contributed by atoms with van der Waals surface area (Å²) in [6.07, 6.45) is 1.70. The minimum atomic E-state index is -3.62. The summed E-state index contributed by atoms with van der Waals surface area (Å²) in [5.41, 5.74) is 0.854. The number of amidine groups is 1. The zero-order valence-electron chi connectivity index (χ0n) is 16.6. The van der Waals surface area contributed by atoms with E-state index in [9.17, 15) is 21.6 Å². The molecule has 2 N–H and O–H groups in total. The molecule has 4 rings (SSSR count). The minimum Gasteiger partial charge on any atom is -0.326 e. The molecule has 0 unspecified atom stereocenters. The quantitative estimate of drug-likeness (QED) is 0.674. The van der Waals surface area contributed by atoms with Crippen molar-refractivity contribution in [2.24, 2.45) is 4.99 Å². The number of amides is 1. The number of carbonyl (C=O) groups is 1. The molecule has 2 aromatic rings. The van der Waals surface area contributed by atoms with Crippen molar-refractivity contribution >= 4 is 37.5 Å². The van der Waals surface area contributed by atoms with Gasteiger partial charge in [-0.15, -0.1) is 0 Å². The van der Waals surface area contributed by atoms with Gasteiger partial charge in [0, 0.05) is 30.8 Å². The Labute approximate surface area is 181 Å². The van der Waals surface area contributed by atoms with Gasteiger partial charge < -0.3 is 5.32 Å². The van der Waals surface area contributed by atoms with E-state index in [-0.39, 0.29) is 34.5 Å². The van der Waals surface area contributed by atoms with Gasteiger partial charge in [-0.1, -0.05) is 18.2 Å². The minimum absolute atomic E-state index is 0.0104. The van der Waals surface area contributed by atoms with E-state index in [1.54, 1.807) is 30.3 Å². The Morgan fingerprint density at radius 2 is 1.84 bits per heavy atom. The van der Waals surface area contributed by atoms with E-state index in [2.05, 4.69) is 15.0 Å². The van der Waals surface area contributed by atoms with E-state index in [4.69, 9.17) is 0 Å².